The number of nitrogens with one attached hydrogen (secondary N) is 1. The van der Waals surface area contributed by atoms with Gasteiger partial charge in [-0.05, 0) is 18.6 Å². The number of benzene rings is 1. The summed E-state index contributed by atoms with van der Waals surface area (Å²) in [5, 5.41) is 3.43. The number of nitrogens with zero attached hydrogens (tertiary/aromatic N) is 3. The molecule has 112 valence electrons. The van der Waals surface area contributed by atoms with Gasteiger partial charge in [-0.15, -0.1) is 0 Å². The first-order valence-corrected chi connectivity index (χ1v) is 7.79. The SMILES string of the molecule is CCCc1nc2c(n1-c1ccccc1N(C)C)CCNC2. The van der Waals surface area contributed by atoms with Crippen LogP contribution in [0.3, 0.4) is 0 Å². The Morgan fingerprint density at radius 2 is 2.10 bits per heavy atom. The fourth-order valence-corrected chi connectivity index (χ4v) is 3.07. The molecule has 0 unspecified atom stereocenters. The van der Waals surface area contributed by atoms with Gasteiger partial charge < -0.3 is 10.2 Å². The maximum Gasteiger partial charge on any atom is 0.113 e. The number of anilines is 1. The number of aryl methyl sites for hydroxylation is 1. The molecule has 1 aromatic carbocycles. The van der Waals surface area contributed by atoms with Crippen molar-refractivity contribution in [3.63, 3.8) is 0 Å². The minimum absolute atomic E-state index is 0.892. The van der Waals surface area contributed by atoms with E-state index in [1.807, 2.05) is 0 Å². The Bertz CT molecular complexity index is 628. The number of para-hydroxylation sites is 2. The van der Waals surface area contributed by atoms with E-state index >= 15 is 0 Å². The summed E-state index contributed by atoms with van der Waals surface area (Å²) >= 11 is 0. The van der Waals surface area contributed by atoms with E-state index < -0.39 is 0 Å². The van der Waals surface area contributed by atoms with Crippen LogP contribution in [0.4, 0.5) is 5.69 Å². The van der Waals surface area contributed by atoms with Gasteiger partial charge in [0.15, 0.2) is 0 Å². The second-order valence-corrected chi connectivity index (χ2v) is 5.82. The molecule has 0 spiro atoms. The van der Waals surface area contributed by atoms with Crippen molar-refractivity contribution in [1.82, 2.24) is 14.9 Å². The van der Waals surface area contributed by atoms with Crippen LogP contribution in [0.5, 0.6) is 0 Å². The summed E-state index contributed by atoms with van der Waals surface area (Å²) in [7, 11) is 4.20. The van der Waals surface area contributed by atoms with Crippen molar-refractivity contribution in [2.45, 2.75) is 32.7 Å². The van der Waals surface area contributed by atoms with Crippen molar-refractivity contribution in [3.8, 4) is 5.69 Å². The third-order valence-corrected chi connectivity index (χ3v) is 4.03. The lowest BCUT2D eigenvalue weighted by Gasteiger charge is -2.22. The molecule has 1 N–H and O–H groups in total. The topological polar surface area (TPSA) is 33.1 Å². The van der Waals surface area contributed by atoms with Crippen LogP contribution in [-0.4, -0.2) is 30.2 Å². The Kier molecular flexibility index (Phi) is 3.97. The van der Waals surface area contributed by atoms with Gasteiger partial charge >= 0.3 is 0 Å². The van der Waals surface area contributed by atoms with Crippen LogP contribution >= 0.6 is 0 Å². The normalized spacial score (nSPS) is 14.0. The quantitative estimate of drug-likeness (QED) is 0.936. The lowest BCUT2D eigenvalue weighted by molar-refractivity contribution is 0.619. The largest absolute Gasteiger partial charge is 0.376 e. The zero-order chi connectivity index (χ0) is 14.8. The zero-order valence-corrected chi connectivity index (χ0v) is 13.2. The van der Waals surface area contributed by atoms with E-state index in [1.165, 1.54) is 28.6 Å². The molecule has 21 heavy (non-hydrogen) atoms. The van der Waals surface area contributed by atoms with Gasteiger partial charge in [-0.2, -0.15) is 0 Å². The van der Waals surface area contributed by atoms with E-state index in [9.17, 15) is 0 Å². The van der Waals surface area contributed by atoms with Gasteiger partial charge in [0, 0.05) is 45.7 Å². The standard InChI is InChI=1S/C17H24N4/c1-4-7-17-19-13-12-18-11-10-14(13)21(17)16-9-6-5-8-15(16)20(2)3/h5-6,8-9,18H,4,7,10-12H2,1-3H3. The van der Waals surface area contributed by atoms with Crippen LogP contribution in [0, 0.1) is 0 Å². The Morgan fingerprint density at radius 3 is 2.86 bits per heavy atom. The average Bonchev–Trinajstić information content (AvgIpc) is 2.85. The second-order valence-electron chi connectivity index (χ2n) is 5.82. The highest BCUT2D eigenvalue weighted by Gasteiger charge is 2.21. The Balaban J connectivity index is 2.19. The third kappa shape index (κ3) is 2.56. The summed E-state index contributed by atoms with van der Waals surface area (Å²) in [6, 6.07) is 8.60. The summed E-state index contributed by atoms with van der Waals surface area (Å²) < 4.78 is 2.40. The lowest BCUT2D eigenvalue weighted by Crippen LogP contribution is -2.25. The molecule has 0 saturated heterocycles. The van der Waals surface area contributed by atoms with E-state index in [0.717, 1.165) is 32.4 Å². The molecule has 4 heteroatoms. The molecular weight excluding hydrogens is 260 g/mol. The highest BCUT2D eigenvalue weighted by molar-refractivity contribution is 5.63. The molecule has 2 heterocycles. The maximum absolute atomic E-state index is 4.90. The molecule has 2 aromatic rings. The maximum atomic E-state index is 4.90. The molecule has 0 fully saturated rings. The third-order valence-electron chi connectivity index (χ3n) is 4.03. The monoisotopic (exact) mass is 284 g/mol. The van der Waals surface area contributed by atoms with E-state index in [4.69, 9.17) is 4.98 Å². The fraction of sp³-hybridized carbons (Fsp3) is 0.471. The molecule has 4 nitrogen and oxygen atoms in total. The fourth-order valence-electron chi connectivity index (χ4n) is 3.07. The minimum atomic E-state index is 0.892. The number of fused-ring (bicyclic) bond motifs is 1. The van der Waals surface area contributed by atoms with Gasteiger partial charge in [0.1, 0.15) is 5.82 Å². The summed E-state index contributed by atoms with van der Waals surface area (Å²) in [6.07, 6.45) is 3.19. The van der Waals surface area contributed by atoms with Crippen molar-refractivity contribution < 1.29 is 0 Å². The van der Waals surface area contributed by atoms with E-state index in [2.05, 4.69) is 60.1 Å². The Hall–Kier alpha value is -1.81. The summed E-state index contributed by atoms with van der Waals surface area (Å²) in [5.74, 6) is 1.19. The van der Waals surface area contributed by atoms with Gasteiger partial charge in [0.2, 0.25) is 0 Å². The highest BCUT2D eigenvalue weighted by Crippen LogP contribution is 2.28. The zero-order valence-electron chi connectivity index (χ0n) is 13.2. The predicted molar refractivity (Wildman–Crippen MR) is 87.3 cm³/mol. The van der Waals surface area contributed by atoms with E-state index in [1.54, 1.807) is 0 Å². The minimum Gasteiger partial charge on any atom is -0.376 e. The predicted octanol–water partition coefficient (Wildman–Crippen LogP) is 2.54. The molecule has 0 bridgehead atoms. The molecule has 0 aliphatic carbocycles. The second kappa shape index (κ2) is 5.90. The number of hydrogen-bond donors (Lipinski definition) is 1. The molecule has 0 radical (unpaired) electrons. The van der Waals surface area contributed by atoms with Crippen molar-refractivity contribution in [3.05, 3.63) is 41.5 Å². The smallest absolute Gasteiger partial charge is 0.113 e. The number of aromatic nitrogens is 2. The highest BCUT2D eigenvalue weighted by atomic mass is 15.2. The van der Waals surface area contributed by atoms with Crippen molar-refractivity contribution in [2.75, 3.05) is 25.5 Å². The summed E-state index contributed by atoms with van der Waals surface area (Å²) in [6.45, 7) is 4.14. The van der Waals surface area contributed by atoms with Crippen LogP contribution < -0.4 is 10.2 Å². The molecule has 0 atom stereocenters. The molecule has 1 aliphatic heterocycles. The lowest BCUT2D eigenvalue weighted by atomic mass is 10.1. The van der Waals surface area contributed by atoms with Crippen LogP contribution in [0.15, 0.2) is 24.3 Å². The van der Waals surface area contributed by atoms with Crippen molar-refractivity contribution in [2.24, 2.45) is 0 Å². The van der Waals surface area contributed by atoms with Crippen LogP contribution in [0.1, 0.15) is 30.6 Å². The van der Waals surface area contributed by atoms with Gasteiger partial charge in [-0.25, -0.2) is 4.98 Å². The van der Waals surface area contributed by atoms with Crippen LogP contribution in [-0.2, 0) is 19.4 Å². The van der Waals surface area contributed by atoms with Crippen LogP contribution in [0.25, 0.3) is 5.69 Å². The summed E-state index contributed by atoms with van der Waals surface area (Å²) in [5.41, 5.74) is 5.10. The first-order chi connectivity index (χ1) is 10.2. The molecular formula is C17H24N4. The Morgan fingerprint density at radius 1 is 1.29 bits per heavy atom. The first kappa shape index (κ1) is 14.1. The summed E-state index contributed by atoms with van der Waals surface area (Å²) in [4.78, 5) is 7.08. The van der Waals surface area contributed by atoms with Crippen molar-refractivity contribution in [1.29, 1.82) is 0 Å². The number of hydrogen-bond acceptors (Lipinski definition) is 3. The molecule has 1 aliphatic rings. The molecule has 3 rings (SSSR count). The van der Waals surface area contributed by atoms with Gasteiger partial charge in [0.25, 0.3) is 0 Å². The van der Waals surface area contributed by atoms with E-state index in [-0.39, 0.29) is 0 Å². The molecule has 0 amide bonds. The van der Waals surface area contributed by atoms with Crippen LogP contribution in [0.2, 0.25) is 0 Å². The number of rotatable bonds is 4. The molecule has 0 saturated carbocycles. The molecule has 1 aromatic heterocycles. The Labute approximate surface area is 126 Å². The first-order valence-electron chi connectivity index (χ1n) is 7.79. The average molecular weight is 284 g/mol. The van der Waals surface area contributed by atoms with Gasteiger partial charge in [0.05, 0.1) is 17.1 Å². The van der Waals surface area contributed by atoms with Gasteiger partial charge in [-0.1, -0.05) is 19.1 Å². The van der Waals surface area contributed by atoms with Crippen molar-refractivity contribution >= 4 is 5.69 Å². The number of imidazole rings is 1. The van der Waals surface area contributed by atoms with Gasteiger partial charge in [-0.3, -0.25) is 4.57 Å². The van der Waals surface area contributed by atoms with E-state index in [0.29, 0.717) is 0 Å².